The number of aliphatic hydroxyl groups is 1. The van der Waals surface area contributed by atoms with Gasteiger partial charge in [-0.1, -0.05) is 20.8 Å². The molecule has 1 aromatic heterocycles. The molecular formula is C16H19F2N3O2. The van der Waals surface area contributed by atoms with Gasteiger partial charge in [-0.2, -0.15) is 5.10 Å². The third kappa shape index (κ3) is 4.13. The molecule has 1 unspecified atom stereocenters. The van der Waals surface area contributed by atoms with E-state index in [1.54, 1.807) is 0 Å². The summed E-state index contributed by atoms with van der Waals surface area (Å²) in [5.74, 6) is -1.89. The molecule has 1 aromatic carbocycles. The molecule has 1 amide bonds. The quantitative estimate of drug-likeness (QED) is 0.907. The molecule has 2 aromatic rings. The van der Waals surface area contributed by atoms with Crippen molar-refractivity contribution in [1.82, 2.24) is 15.1 Å². The van der Waals surface area contributed by atoms with Gasteiger partial charge in [-0.15, -0.1) is 0 Å². The molecule has 0 spiro atoms. The van der Waals surface area contributed by atoms with Crippen molar-refractivity contribution >= 4 is 5.91 Å². The molecule has 1 heterocycles. The average Bonchev–Trinajstić information content (AvgIpc) is 2.92. The number of benzene rings is 1. The van der Waals surface area contributed by atoms with E-state index in [1.807, 2.05) is 20.8 Å². The largest absolute Gasteiger partial charge is 0.391 e. The van der Waals surface area contributed by atoms with Crippen LogP contribution in [-0.4, -0.2) is 33.4 Å². The predicted molar refractivity (Wildman–Crippen MR) is 81.3 cm³/mol. The van der Waals surface area contributed by atoms with Gasteiger partial charge in [0.2, 0.25) is 0 Å². The molecular weight excluding hydrogens is 304 g/mol. The van der Waals surface area contributed by atoms with E-state index in [0.29, 0.717) is 0 Å². The van der Waals surface area contributed by atoms with Crippen LogP contribution in [0.1, 0.15) is 31.1 Å². The van der Waals surface area contributed by atoms with Crippen LogP contribution < -0.4 is 5.32 Å². The number of rotatable bonds is 4. The second-order valence-electron chi connectivity index (χ2n) is 6.36. The third-order valence-corrected chi connectivity index (χ3v) is 3.46. The first-order chi connectivity index (χ1) is 10.7. The maximum absolute atomic E-state index is 13.7. The van der Waals surface area contributed by atoms with Crippen molar-refractivity contribution in [2.75, 3.05) is 6.54 Å². The molecule has 0 saturated carbocycles. The lowest BCUT2D eigenvalue weighted by Gasteiger charge is -2.25. The number of aromatic nitrogens is 2. The number of halogens is 2. The van der Waals surface area contributed by atoms with Crippen LogP contribution in [-0.2, 0) is 0 Å². The van der Waals surface area contributed by atoms with Crippen LogP contribution in [0.25, 0.3) is 5.69 Å². The highest BCUT2D eigenvalue weighted by Crippen LogP contribution is 2.18. The van der Waals surface area contributed by atoms with Crippen LogP contribution >= 0.6 is 0 Å². The summed E-state index contributed by atoms with van der Waals surface area (Å²) in [6.07, 6.45) is 1.92. The van der Waals surface area contributed by atoms with E-state index >= 15 is 0 Å². The topological polar surface area (TPSA) is 67.2 Å². The fourth-order valence-corrected chi connectivity index (χ4v) is 1.84. The van der Waals surface area contributed by atoms with Gasteiger partial charge in [0, 0.05) is 18.8 Å². The van der Waals surface area contributed by atoms with Crippen molar-refractivity contribution < 1.29 is 18.7 Å². The Morgan fingerprint density at radius 2 is 2.09 bits per heavy atom. The van der Waals surface area contributed by atoms with Gasteiger partial charge in [0.25, 0.3) is 5.91 Å². The molecule has 0 aliphatic rings. The predicted octanol–water partition coefficient (Wildman–Crippen LogP) is 2.29. The zero-order valence-electron chi connectivity index (χ0n) is 13.2. The maximum atomic E-state index is 13.7. The second-order valence-corrected chi connectivity index (χ2v) is 6.36. The number of hydrogen-bond acceptors (Lipinski definition) is 3. The highest BCUT2D eigenvalue weighted by atomic mass is 19.1. The van der Waals surface area contributed by atoms with E-state index in [1.165, 1.54) is 18.5 Å². The summed E-state index contributed by atoms with van der Waals surface area (Å²) >= 11 is 0. The Morgan fingerprint density at radius 3 is 2.70 bits per heavy atom. The van der Waals surface area contributed by atoms with Crippen molar-refractivity contribution in [3.8, 4) is 5.69 Å². The zero-order valence-corrected chi connectivity index (χ0v) is 13.2. The number of carbonyl (C=O) groups is 1. The SMILES string of the molecule is CC(C)(C)C(O)CNC(=O)c1cnn(-c2ccc(F)cc2F)c1. The number of amides is 1. The summed E-state index contributed by atoms with van der Waals surface area (Å²) in [4.78, 5) is 12.0. The molecule has 0 fully saturated rings. The van der Waals surface area contributed by atoms with E-state index in [-0.39, 0.29) is 23.2 Å². The molecule has 2 N–H and O–H groups in total. The van der Waals surface area contributed by atoms with Crippen LogP contribution in [0, 0.1) is 17.0 Å². The smallest absolute Gasteiger partial charge is 0.254 e. The van der Waals surface area contributed by atoms with Crippen LogP contribution in [0.15, 0.2) is 30.6 Å². The van der Waals surface area contributed by atoms with Gasteiger partial charge in [-0.3, -0.25) is 4.79 Å². The lowest BCUT2D eigenvalue weighted by Crippen LogP contribution is -2.39. The van der Waals surface area contributed by atoms with E-state index in [2.05, 4.69) is 10.4 Å². The first-order valence-electron chi connectivity index (χ1n) is 7.15. The van der Waals surface area contributed by atoms with Crippen molar-refractivity contribution in [1.29, 1.82) is 0 Å². The van der Waals surface area contributed by atoms with E-state index in [0.717, 1.165) is 16.8 Å². The Morgan fingerprint density at radius 1 is 1.39 bits per heavy atom. The molecule has 1 atom stereocenters. The molecule has 0 bridgehead atoms. The monoisotopic (exact) mass is 323 g/mol. The van der Waals surface area contributed by atoms with E-state index in [4.69, 9.17) is 0 Å². The minimum Gasteiger partial charge on any atom is -0.391 e. The highest BCUT2D eigenvalue weighted by Gasteiger charge is 2.23. The van der Waals surface area contributed by atoms with Gasteiger partial charge in [-0.25, -0.2) is 13.5 Å². The Hall–Kier alpha value is -2.28. The molecule has 23 heavy (non-hydrogen) atoms. The number of nitrogens with one attached hydrogen (secondary N) is 1. The summed E-state index contributed by atoms with van der Waals surface area (Å²) in [5.41, 5.74) is -0.0932. The maximum Gasteiger partial charge on any atom is 0.254 e. The minimum absolute atomic E-state index is 0.0418. The number of aliphatic hydroxyl groups excluding tert-OH is 1. The Kier molecular flexibility index (Phi) is 4.79. The summed E-state index contributed by atoms with van der Waals surface area (Å²) in [7, 11) is 0. The molecule has 5 nitrogen and oxygen atoms in total. The Bertz CT molecular complexity index is 708. The highest BCUT2D eigenvalue weighted by molar-refractivity contribution is 5.93. The molecule has 124 valence electrons. The fraction of sp³-hybridized carbons (Fsp3) is 0.375. The van der Waals surface area contributed by atoms with Crippen molar-refractivity contribution in [3.63, 3.8) is 0 Å². The Labute approximate surface area is 132 Å². The van der Waals surface area contributed by atoms with Crippen LogP contribution in [0.2, 0.25) is 0 Å². The third-order valence-electron chi connectivity index (χ3n) is 3.46. The number of hydrogen-bond donors (Lipinski definition) is 2. The van der Waals surface area contributed by atoms with Gasteiger partial charge in [0.05, 0.1) is 17.9 Å². The molecule has 7 heteroatoms. The first kappa shape index (κ1) is 17.1. The Balaban J connectivity index is 2.08. The molecule has 2 rings (SSSR count). The summed E-state index contributed by atoms with van der Waals surface area (Å²) < 4.78 is 27.8. The average molecular weight is 323 g/mol. The van der Waals surface area contributed by atoms with Gasteiger partial charge in [0.15, 0.2) is 5.82 Å². The van der Waals surface area contributed by atoms with Gasteiger partial charge < -0.3 is 10.4 Å². The normalized spacial score (nSPS) is 13.0. The summed E-state index contributed by atoms with van der Waals surface area (Å²) in [6, 6.07) is 3.10. The van der Waals surface area contributed by atoms with Crippen molar-refractivity contribution in [2.45, 2.75) is 26.9 Å². The van der Waals surface area contributed by atoms with Crippen LogP contribution in [0.4, 0.5) is 8.78 Å². The summed E-state index contributed by atoms with van der Waals surface area (Å²) in [6.45, 7) is 5.68. The first-order valence-corrected chi connectivity index (χ1v) is 7.15. The fourth-order valence-electron chi connectivity index (χ4n) is 1.84. The molecule has 0 radical (unpaired) electrons. The second kappa shape index (κ2) is 6.45. The van der Waals surface area contributed by atoms with Gasteiger partial charge in [0.1, 0.15) is 11.5 Å². The van der Waals surface area contributed by atoms with Crippen LogP contribution in [0.5, 0.6) is 0 Å². The van der Waals surface area contributed by atoms with Crippen molar-refractivity contribution in [3.05, 3.63) is 47.8 Å². The van der Waals surface area contributed by atoms with E-state index < -0.39 is 23.6 Å². The molecule has 0 aliphatic carbocycles. The number of nitrogens with zero attached hydrogens (tertiary/aromatic N) is 2. The van der Waals surface area contributed by atoms with Gasteiger partial charge >= 0.3 is 0 Å². The van der Waals surface area contributed by atoms with Gasteiger partial charge in [-0.05, 0) is 17.5 Å². The standard InChI is InChI=1S/C16H19F2N3O2/c1-16(2,3)14(22)8-19-15(23)10-7-20-21(9-10)13-5-4-11(17)6-12(13)18/h4-7,9,14,22H,8H2,1-3H3,(H,19,23). The summed E-state index contributed by atoms with van der Waals surface area (Å²) in [5, 5.41) is 16.4. The minimum atomic E-state index is -0.775. The van der Waals surface area contributed by atoms with Crippen LogP contribution in [0.3, 0.4) is 0 Å². The zero-order chi connectivity index (χ0) is 17.2. The van der Waals surface area contributed by atoms with Crippen molar-refractivity contribution in [2.24, 2.45) is 5.41 Å². The van der Waals surface area contributed by atoms with E-state index in [9.17, 15) is 18.7 Å². The lowest BCUT2D eigenvalue weighted by atomic mass is 9.89. The number of carbonyl (C=O) groups excluding carboxylic acids is 1. The molecule has 0 saturated heterocycles. The molecule has 0 aliphatic heterocycles. The lowest BCUT2D eigenvalue weighted by molar-refractivity contribution is 0.0587.